The molecule has 0 saturated carbocycles. The van der Waals surface area contributed by atoms with Gasteiger partial charge < -0.3 is 9.52 Å². The summed E-state index contributed by atoms with van der Waals surface area (Å²) in [5, 5.41) is 10.3. The molecular formula is C22H16I2N2O2. The van der Waals surface area contributed by atoms with Crippen LogP contribution < -0.4 is 0 Å². The maximum Gasteiger partial charge on any atom is 0.227 e. The fourth-order valence-electron chi connectivity index (χ4n) is 2.87. The average Bonchev–Trinajstić information content (AvgIpc) is 3.07. The molecule has 4 nitrogen and oxygen atoms in total. The molecule has 4 rings (SSSR count). The number of phenolic OH excluding ortho intramolecular Hbond substituents is 1. The Kier molecular flexibility index (Phi) is 5.42. The first-order valence-electron chi connectivity index (χ1n) is 8.61. The zero-order chi connectivity index (χ0) is 19.8. The topological polar surface area (TPSA) is 58.6 Å². The van der Waals surface area contributed by atoms with Crippen LogP contribution in [0.1, 0.15) is 16.7 Å². The molecule has 3 aromatic carbocycles. The number of hydrogen-bond donors (Lipinski definition) is 1. The molecule has 28 heavy (non-hydrogen) atoms. The second kappa shape index (κ2) is 7.82. The average molecular weight is 594 g/mol. The normalized spacial score (nSPS) is 11.6. The number of aromatic hydroxyl groups is 1. The van der Waals surface area contributed by atoms with Gasteiger partial charge in [0.15, 0.2) is 5.58 Å². The number of hydrogen-bond acceptors (Lipinski definition) is 4. The maximum absolute atomic E-state index is 10.3. The molecule has 140 valence electrons. The summed E-state index contributed by atoms with van der Waals surface area (Å²) in [4.78, 5) is 9.22. The molecule has 0 saturated heterocycles. The minimum absolute atomic E-state index is 0.243. The molecule has 1 heterocycles. The predicted molar refractivity (Wildman–Crippen MR) is 130 cm³/mol. The Morgan fingerprint density at radius 3 is 2.68 bits per heavy atom. The van der Waals surface area contributed by atoms with E-state index < -0.39 is 0 Å². The molecule has 1 aromatic heterocycles. The summed E-state index contributed by atoms with van der Waals surface area (Å²) in [6, 6.07) is 15.7. The first-order chi connectivity index (χ1) is 13.4. The van der Waals surface area contributed by atoms with Crippen LogP contribution >= 0.6 is 45.2 Å². The fraction of sp³-hybridized carbons (Fsp3) is 0.0909. The van der Waals surface area contributed by atoms with Gasteiger partial charge in [0.1, 0.15) is 11.3 Å². The van der Waals surface area contributed by atoms with Crippen molar-refractivity contribution < 1.29 is 9.52 Å². The number of aliphatic imine (C=N–C) groups is 1. The number of benzene rings is 3. The van der Waals surface area contributed by atoms with Crippen LogP contribution in [0, 0.1) is 21.0 Å². The van der Waals surface area contributed by atoms with Crippen LogP contribution in [0.2, 0.25) is 0 Å². The van der Waals surface area contributed by atoms with Crippen LogP contribution in [0.4, 0.5) is 5.69 Å². The summed E-state index contributed by atoms with van der Waals surface area (Å²) >= 11 is 4.35. The molecule has 0 spiro atoms. The van der Waals surface area contributed by atoms with Gasteiger partial charge in [-0.3, -0.25) is 4.99 Å². The third-order valence-corrected chi connectivity index (χ3v) is 5.84. The van der Waals surface area contributed by atoms with Crippen molar-refractivity contribution in [3.8, 4) is 17.2 Å². The standard InChI is InChI=1S/C22H16I2N2O2/c1-12-3-6-20-19(7-12)26-22(28-20)14-5-4-13(2)18(9-14)25-11-15-8-16(23)10-17(24)21(15)27/h3-11,27H,1-2H3. The third-order valence-electron chi connectivity index (χ3n) is 4.40. The second-order valence-corrected chi connectivity index (χ2v) is 8.98. The Hall–Kier alpha value is -1.94. The molecule has 0 fully saturated rings. The van der Waals surface area contributed by atoms with Gasteiger partial charge in [0.25, 0.3) is 0 Å². The number of fused-ring (bicyclic) bond motifs is 1. The molecule has 4 aromatic rings. The molecule has 0 aliphatic carbocycles. The number of aryl methyl sites for hydroxylation is 2. The van der Waals surface area contributed by atoms with Crippen LogP contribution in [-0.4, -0.2) is 16.3 Å². The lowest BCUT2D eigenvalue weighted by Crippen LogP contribution is -1.88. The Balaban J connectivity index is 1.73. The van der Waals surface area contributed by atoms with E-state index in [1.807, 2.05) is 62.4 Å². The third kappa shape index (κ3) is 3.93. The van der Waals surface area contributed by atoms with Crippen molar-refractivity contribution in [2.75, 3.05) is 0 Å². The summed E-state index contributed by atoms with van der Waals surface area (Å²) in [6.45, 7) is 4.04. The van der Waals surface area contributed by atoms with Gasteiger partial charge in [0, 0.05) is 20.9 Å². The van der Waals surface area contributed by atoms with E-state index in [1.54, 1.807) is 6.21 Å². The lowest BCUT2D eigenvalue weighted by Gasteiger charge is -2.05. The first kappa shape index (κ1) is 19.4. The highest BCUT2D eigenvalue weighted by atomic mass is 127. The summed E-state index contributed by atoms with van der Waals surface area (Å²) in [7, 11) is 0. The summed E-state index contributed by atoms with van der Waals surface area (Å²) < 4.78 is 7.77. The van der Waals surface area contributed by atoms with E-state index in [1.165, 1.54) is 0 Å². The molecule has 0 amide bonds. The van der Waals surface area contributed by atoms with Gasteiger partial charge in [-0.1, -0.05) is 12.1 Å². The lowest BCUT2D eigenvalue weighted by atomic mass is 10.1. The Morgan fingerprint density at radius 2 is 1.86 bits per heavy atom. The van der Waals surface area contributed by atoms with E-state index in [0.29, 0.717) is 11.5 Å². The van der Waals surface area contributed by atoms with Crippen LogP contribution in [-0.2, 0) is 0 Å². The second-order valence-electron chi connectivity index (χ2n) is 6.58. The Bertz CT molecular complexity index is 1230. The molecule has 1 N–H and O–H groups in total. The summed E-state index contributed by atoms with van der Waals surface area (Å²) in [5.74, 6) is 0.816. The van der Waals surface area contributed by atoms with E-state index in [4.69, 9.17) is 4.42 Å². The quantitative estimate of drug-likeness (QED) is 0.210. The van der Waals surface area contributed by atoms with Gasteiger partial charge >= 0.3 is 0 Å². The largest absolute Gasteiger partial charge is 0.506 e. The first-order valence-corrected chi connectivity index (χ1v) is 10.8. The fourth-order valence-corrected chi connectivity index (χ4v) is 4.76. The maximum atomic E-state index is 10.3. The van der Waals surface area contributed by atoms with Crippen LogP contribution in [0.25, 0.3) is 22.6 Å². The minimum Gasteiger partial charge on any atom is -0.506 e. The molecule has 0 aliphatic heterocycles. The van der Waals surface area contributed by atoms with Crippen molar-refractivity contribution in [1.29, 1.82) is 0 Å². The molecular weight excluding hydrogens is 578 g/mol. The molecule has 6 heteroatoms. The number of oxazole rings is 1. The SMILES string of the molecule is Cc1ccc2oc(-c3ccc(C)c(N=Cc4cc(I)cc(I)c4O)c3)nc2c1. The van der Waals surface area contributed by atoms with Gasteiger partial charge in [0.05, 0.1) is 9.26 Å². The minimum atomic E-state index is 0.243. The molecule has 0 unspecified atom stereocenters. The highest BCUT2D eigenvalue weighted by Gasteiger charge is 2.10. The van der Waals surface area contributed by atoms with Crippen molar-refractivity contribution in [2.45, 2.75) is 13.8 Å². The summed E-state index contributed by atoms with van der Waals surface area (Å²) in [5.41, 5.74) is 6.17. The van der Waals surface area contributed by atoms with Crippen molar-refractivity contribution in [2.24, 2.45) is 4.99 Å². The van der Waals surface area contributed by atoms with Crippen LogP contribution in [0.3, 0.4) is 0 Å². The van der Waals surface area contributed by atoms with Crippen molar-refractivity contribution in [1.82, 2.24) is 4.98 Å². The number of rotatable bonds is 3. The number of phenols is 1. The zero-order valence-electron chi connectivity index (χ0n) is 15.2. The number of halogens is 2. The van der Waals surface area contributed by atoms with E-state index in [2.05, 4.69) is 55.2 Å². The predicted octanol–water partition coefficient (Wildman–Crippen LogP) is 6.78. The monoisotopic (exact) mass is 594 g/mol. The van der Waals surface area contributed by atoms with Crippen molar-refractivity contribution >= 4 is 68.2 Å². The highest BCUT2D eigenvalue weighted by molar-refractivity contribution is 14.1. The van der Waals surface area contributed by atoms with Crippen LogP contribution in [0.15, 0.2) is 57.9 Å². The van der Waals surface area contributed by atoms with Gasteiger partial charge in [-0.05, 0) is 107 Å². The van der Waals surface area contributed by atoms with Crippen molar-refractivity contribution in [3.05, 3.63) is 72.4 Å². The highest BCUT2D eigenvalue weighted by Crippen LogP contribution is 2.31. The van der Waals surface area contributed by atoms with E-state index >= 15 is 0 Å². The van der Waals surface area contributed by atoms with Crippen LogP contribution in [0.5, 0.6) is 5.75 Å². The van der Waals surface area contributed by atoms with Gasteiger partial charge in [-0.15, -0.1) is 0 Å². The van der Waals surface area contributed by atoms with Crippen molar-refractivity contribution in [3.63, 3.8) is 0 Å². The van der Waals surface area contributed by atoms with Gasteiger partial charge in [-0.25, -0.2) is 4.98 Å². The molecule has 0 bridgehead atoms. The van der Waals surface area contributed by atoms with E-state index in [-0.39, 0.29) is 5.75 Å². The Morgan fingerprint density at radius 1 is 1.04 bits per heavy atom. The van der Waals surface area contributed by atoms with Gasteiger partial charge in [-0.2, -0.15) is 0 Å². The molecule has 0 aliphatic rings. The summed E-state index contributed by atoms with van der Waals surface area (Å²) in [6.07, 6.45) is 1.70. The zero-order valence-corrected chi connectivity index (χ0v) is 19.5. The Labute approximate surface area is 190 Å². The van der Waals surface area contributed by atoms with E-state index in [0.717, 1.165) is 40.6 Å². The smallest absolute Gasteiger partial charge is 0.227 e. The van der Waals surface area contributed by atoms with Gasteiger partial charge in [0.2, 0.25) is 5.89 Å². The molecule has 0 atom stereocenters. The number of aromatic nitrogens is 1. The molecule has 0 radical (unpaired) electrons. The lowest BCUT2D eigenvalue weighted by molar-refractivity contribution is 0.470. The number of nitrogens with zero attached hydrogens (tertiary/aromatic N) is 2. The van der Waals surface area contributed by atoms with E-state index in [9.17, 15) is 5.11 Å².